The quantitative estimate of drug-likeness (QED) is 0.493. The molecule has 2 aromatic carbocycles. The van der Waals surface area contributed by atoms with Crippen LogP contribution in [0.4, 0.5) is 4.39 Å². The van der Waals surface area contributed by atoms with E-state index in [0.717, 1.165) is 3.57 Å². The molecule has 0 aliphatic heterocycles. The molecule has 2 rings (SSSR count). The predicted molar refractivity (Wildman–Crippen MR) is 86.9 cm³/mol. The number of hydrogen-bond donors (Lipinski definition) is 1. The van der Waals surface area contributed by atoms with Gasteiger partial charge in [0.2, 0.25) is 0 Å². The van der Waals surface area contributed by atoms with Gasteiger partial charge in [0.25, 0.3) is 0 Å². The normalized spacial score (nSPS) is 14.2. The molecular formula is C14H10BrClFIO. The fraction of sp³-hybridized carbons (Fsp3) is 0.143. The second-order valence-corrected chi connectivity index (χ2v) is 6.78. The summed E-state index contributed by atoms with van der Waals surface area (Å²) in [4.78, 5) is 0. The topological polar surface area (TPSA) is 20.2 Å². The summed E-state index contributed by atoms with van der Waals surface area (Å²) in [7, 11) is 0. The van der Waals surface area contributed by atoms with Crippen LogP contribution < -0.4 is 0 Å². The van der Waals surface area contributed by atoms with Gasteiger partial charge >= 0.3 is 0 Å². The van der Waals surface area contributed by atoms with E-state index < -0.39 is 11.4 Å². The van der Waals surface area contributed by atoms with Gasteiger partial charge in [-0.15, -0.1) is 0 Å². The van der Waals surface area contributed by atoms with Gasteiger partial charge in [-0.2, -0.15) is 0 Å². The Morgan fingerprint density at radius 3 is 2.37 bits per heavy atom. The minimum atomic E-state index is -1.43. The highest BCUT2D eigenvalue weighted by Crippen LogP contribution is 2.36. The van der Waals surface area contributed by atoms with Crippen molar-refractivity contribution in [3.63, 3.8) is 0 Å². The van der Waals surface area contributed by atoms with E-state index in [4.69, 9.17) is 11.6 Å². The molecule has 0 aromatic heterocycles. The fourth-order valence-corrected chi connectivity index (χ4v) is 2.66. The summed E-state index contributed by atoms with van der Waals surface area (Å²) in [5, 5.41) is 10.6. The Balaban J connectivity index is 2.56. The smallest absolute Gasteiger partial charge is 0.149 e. The van der Waals surface area contributed by atoms with Crippen molar-refractivity contribution in [3.05, 3.63) is 66.4 Å². The summed E-state index contributed by atoms with van der Waals surface area (Å²) < 4.78 is 15.7. The third-order valence-electron chi connectivity index (χ3n) is 2.97. The van der Waals surface area contributed by atoms with Gasteiger partial charge < -0.3 is 5.11 Å². The van der Waals surface area contributed by atoms with E-state index in [9.17, 15) is 9.50 Å². The molecule has 0 aliphatic rings. The van der Waals surface area contributed by atoms with Gasteiger partial charge in [-0.05, 0) is 69.2 Å². The van der Waals surface area contributed by atoms with Crippen LogP contribution in [-0.2, 0) is 5.60 Å². The number of hydrogen-bond acceptors (Lipinski definition) is 1. The highest BCUT2D eigenvalue weighted by Gasteiger charge is 2.30. The van der Waals surface area contributed by atoms with Crippen LogP contribution in [0.1, 0.15) is 18.1 Å². The van der Waals surface area contributed by atoms with Crippen LogP contribution in [-0.4, -0.2) is 5.11 Å². The first kappa shape index (κ1) is 15.2. The van der Waals surface area contributed by atoms with Crippen LogP contribution >= 0.6 is 50.1 Å². The molecule has 0 spiro atoms. The lowest BCUT2D eigenvalue weighted by atomic mass is 9.88. The maximum atomic E-state index is 14.2. The standard InChI is InChI=1S/C14H10BrClFIO/c1-14(19,8-2-4-9(18)5-3-8)10-6-7-11(15)12(16)13(10)17/h2-7,19H,1H3. The lowest BCUT2D eigenvalue weighted by molar-refractivity contribution is 0.0979. The van der Waals surface area contributed by atoms with Gasteiger partial charge in [0, 0.05) is 13.6 Å². The maximum Gasteiger partial charge on any atom is 0.149 e. The molecule has 0 fully saturated rings. The average Bonchev–Trinajstić information content (AvgIpc) is 2.36. The molecule has 1 atom stereocenters. The van der Waals surface area contributed by atoms with Crippen molar-refractivity contribution in [1.82, 2.24) is 0 Å². The van der Waals surface area contributed by atoms with Crippen LogP contribution in [0.2, 0.25) is 5.02 Å². The van der Waals surface area contributed by atoms with E-state index in [1.165, 1.54) is 6.07 Å². The Morgan fingerprint density at radius 2 is 1.79 bits per heavy atom. The van der Waals surface area contributed by atoms with Crippen molar-refractivity contribution in [2.75, 3.05) is 0 Å². The molecule has 0 bridgehead atoms. The molecule has 0 radical (unpaired) electrons. The highest BCUT2D eigenvalue weighted by molar-refractivity contribution is 14.1. The van der Waals surface area contributed by atoms with Crippen molar-refractivity contribution >= 4 is 50.1 Å². The molecule has 5 heteroatoms. The van der Waals surface area contributed by atoms with Gasteiger partial charge in [-0.1, -0.05) is 29.8 Å². The van der Waals surface area contributed by atoms with Crippen LogP contribution in [0.15, 0.2) is 40.9 Å². The first-order valence-electron chi connectivity index (χ1n) is 5.46. The van der Waals surface area contributed by atoms with Gasteiger partial charge in [0.15, 0.2) is 0 Å². The Labute approximate surface area is 138 Å². The van der Waals surface area contributed by atoms with Crippen LogP contribution in [0.3, 0.4) is 0 Å². The third kappa shape index (κ3) is 2.96. The molecule has 0 heterocycles. The number of halogens is 4. The van der Waals surface area contributed by atoms with Crippen LogP contribution in [0, 0.1) is 9.39 Å². The van der Waals surface area contributed by atoms with Gasteiger partial charge in [-0.3, -0.25) is 0 Å². The fourth-order valence-electron chi connectivity index (χ4n) is 1.83. The van der Waals surface area contributed by atoms with E-state index in [2.05, 4.69) is 38.5 Å². The SMILES string of the molecule is CC(O)(c1ccc(I)cc1)c1ccc(Br)c(Cl)c1F. The zero-order valence-electron chi connectivity index (χ0n) is 9.92. The second kappa shape index (κ2) is 5.68. The minimum Gasteiger partial charge on any atom is -0.381 e. The van der Waals surface area contributed by atoms with E-state index in [1.54, 1.807) is 25.1 Å². The average molecular weight is 455 g/mol. The molecule has 19 heavy (non-hydrogen) atoms. The highest BCUT2D eigenvalue weighted by atomic mass is 127. The zero-order chi connectivity index (χ0) is 14.2. The van der Waals surface area contributed by atoms with Crippen LogP contribution in [0.5, 0.6) is 0 Å². The first-order chi connectivity index (χ1) is 8.84. The Morgan fingerprint density at radius 1 is 1.21 bits per heavy atom. The number of aliphatic hydroxyl groups is 1. The van der Waals surface area contributed by atoms with E-state index >= 15 is 0 Å². The maximum absolute atomic E-state index is 14.2. The Bertz CT molecular complexity index is 614. The summed E-state index contributed by atoms with van der Waals surface area (Å²) in [5.41, 5.74) is -0.661. The lowest BCUT2D eigenvalue weighted by Gasteiger charge is -2.25. The van der Waals surface area contributed by atoms with Crippen LogP contribution in [0.25, 0.3) is 0 Å². The van der Waals surface area contributed by atoms with Gasteiger partial charge in [0.05, 0.1) is 5.02 Å². The lowest BCUT2D eigenvalue weighted by Crippen LogP contribution is -2.24. The first-order valence-corrected chi connectivity index (χ1v) is 7.71. The van der Waals surface area contributed by atoms with Crippen molar-refractivity contribution < 1.29 is 9.50 Å². The molecular weight excluding hydrogens is 445 g/mol. The van der Waals surface area contributed by atoms with Gasteiger partial charge in [-0.25, -0.2) is 4.39 Å². The van der Waals surface area contributed by atoms with E-state index in [0.29, 0.717) is 10.0 Å². The minimum absolute atomic E-state index is 0.0247. The molecule has 2 aromatic rings. The van der Waals surface area contributed by atoms with Crippen molar-refractivity contribution in [1.29, 1.82) is 0 Å². The number of rotatable bonds is 2. The van der Waals surface area contributed by atoms with E-state index in [1.807, 2.05) is 12.1 Å². The molecule has 100 valence electrons. The summed E-state index contributed by atoms with van der Waals surface area (Å²) in [6.07, 6.45) is 0. The molecule has 0 aliphatic carbocycles. The largest absolute Gasteiger partial charge is 0.381 e. The Hall–Kier alpha value is -0.170. The molecule has 1 unspecified atom stereocenters. The molecule has 1 nitrogen and oxygen atoms in total. The molecule has 1 N–H and O–H groups in total. The van der Waals surface area contributed by atoms with Gasteiger partial charge in [0.1, 0.15) is 11.4 Å². The van der Waals surface area contributed by atoms with Crippen molar-refractivity contribution in [2.24, 2.45) is 0 Å². The second-order valence-electron chi connectivity index (χ2n) is 4.30. The predicted octanol–water partition coefficient (Wildman–Crippen LogP) is 5.10. The molecule has 0 saturated carbocycles. The summed E-state index contributed by atoms with van der Waals surface area (Å²) in [6.45, 7) is 1.55. The summed E-state index contributed by atoms with van der Waals surface area (Å²) in [5.74, 6) is -0.611. The monoisotopic (exact) mass is 454 g/mol. The zero-order valence-corrected chi connectivity index (χ0v) is 14.4. The third-order valence-corrected chi connectivity index (χ3v) is 4.94. The number of benzene rings is 2. The summed E-state index contributed by atoms with van der Waals surface area (Å²) >= 11 is 11.2. The molecule has 0 saturated heterocycles. The van der Waals surface area contributed by atoms with Crippen molar-refractivity contribution in [3.8, 4) is 0 Å². The summed E-state index contributed by atoms with van der Waals surface area (Å²) in [6, 6.07) is 10.4. The van der Waals surface area contributed by atoms with E-state index in [-0.39, 0.29) is 10.6 Å². The Kier molecular flexibility index (Phi) is 4.55. The molecule has 0 amide bonds. The van der Waals surface area contributed by atoms with Crippen molar-refractivity contribution in [2.45, 2.75) is 12.5 Å².